The van der Waals surface area contributed by atoms with E-state index in [1.54, 1.807) is 6.33 Å². The summed E-state index contributed by atoms with van der Waals surface area (Å²) in [6, 6.07) is 1.92. The van der Waals surface area contributed by atoms with E-state index in [9.17, 15) is 0 Å². The molecule has 5 heteroatoms. The van der Waals surface area contributed by atoms with Crippen molar-refractivity contribution in [3.8, 4) is 0 Å². The molecular formula is C14H27N5. The highest BCUT2D eigenvalue weighted by molar-refractivity contribution is 5.46. The Morgan fingerprint density at radius 3 is 2.42 bits per heavy atom. The number of nitrogens with two attached hydrogens (primary N) is 1. The van der Waals surface area contributed by atoms with Gasteiger partial charge in [0.05, 0.1) is 0 Å². The molecule has 4 N–H and O–H groups in total. The molecule has 0 saturated carbocycles. The highest BCUT2D eigenvalue weighted by atomic mass is 15.1. The summed E-state index contributed by atoms with van der Waals surface area (Å²) in [5, 5.41) is 6.53. The van der Waals surface area contributed by atoms with Crippen LogP contribution in [0.4, 0.5) is 11.6 Å². The molecule has 0 unspecified atom stereocenters. The van der Waals surface area contributed by atoms with Crippen molar-refractivity contribution in [2.24, 2.45) is 11.7 Å². The Morgan fingerprint density at radius 2 is 1.84 bits per heavy atom. The Hall–Kier alpha value is -1.36. The first-order valence-electron chi connectivity index (χ1n) is 6.95. The number of hydrogen-bond donors (Lipinski definition) is 3. The van der Waals surface area contributed by atoms with Crippen LogP contribution < -0.4 is 16.4 Å². The van der Waals surface area contributed by atoms with E-state index < -0.39 is 0 Å². The van der Waals surface area contributed by atoms with Gasteiger partial charge in [0.25, 0.3) is 0 Å². The summed E-state index contributed by atoms with van der Waals surface area (Å²) >= 11 is 0. The molecular weight excluding hydrogens is 238 g/mol. The van der Waals surface area contributed by atoms with E-state index in [1.807, 2.05) is 19.9 Å². The zero-order valence-corrected chi connectivity index (χ0v) is 12.5. The van der Waals surface area contributed by atoms with E-state index >= 15 is 0 Å². The molecule has 0 spiro atoms. The maximum Gasteiger partial charge on any atom is 0.131 e. The molecule has 0 bridgehead atoms. The molecule has 1 aromatic rings. The lowest BCUT2D eigenvalue weighted by atomic mass is 10.1. The molecule has 1 heterocycles. The fourth-order valence-electron chi connectivity index (χ4n) is 1.60. The number of nitrogens with zero attached hydrogens (tertiary/aromatic N) is 2. The Balaban J connectivity index is 2.39. The molecule has 0 aliphatic rings. The molecule has 108 valence electrons. The minimum Gasteiger partial charge on any atom is -0.370 e. The van der Waals surface area contributed by atoms with Crippen molar-refractivity contribution in [3.05, 3.63) is 12.4 Å². The summed E-state index contributed by atoms with van der Waals surface area (Å²) in [7, 11) is 0. The van der Waals surface area contributed by atoms with E-state index in [0.717, 1.165) is 30.5 Å². The van der Waals surface area contributed by atoms with Crippen molar-refractivity contribution in [2.45, 2.75) is 46.1 Å². The number of hydrogen-bond acceptors (Lipinski definition) is 5. The normalized spacial score (nSPS) is 11.7. The molecule has 1 aromatic heterocycles. The summed E-state index contributed by atoms with van der Waals surface area (Å²) in [5.74, 6) is 2.41. The fourth-order valence-corrected chi connectivity index (χ4v) is 1.60. The van der Waals surface area contributed by atoms with E-state index in [0.29, 0.717) is 6.54 Å². The second-order valence-electron chi connectivity index (χ2n) is 6.09. The minimum absolute atomic E-state index is 0.254. The van der Waals surface area contributed by atoms with E-state index in [4.69, 9.17) is 5.73 Å². The highest BCUT2D eigenvalue weighted by Crippen LogP contribution is 2.10. The zero-order valence-electron chi connectivity index (χ0n) is 12.5. The Bertz CT molecular complexity index is 370. The number of aromatic nitrogens is 2. The molecule has 5 nitrogen and oxygen atoms in total. The lowest BCUT2D eigenvalue weighted by Gasteiger charge is -2.19. The lowest BCUT2D eigenvalue weighted by molar-refractivity contribution is 0.548. The number of rotatable bonds is 8. The van der Waals surface area contributed by atoms with Gasteiger partial charge in [-0.3, -0.25) is 0 Å². The van der Waals surface area contributed by atoms with Crippen molar-refractivity contribution in [3.63, 3.8) is 0 Å². The van der Waals surface area contributed by atoms with Gasteiger partial charge in [-0.2, -0.15) is 0 Å². The highest BCUT2D eigenvalue weighted by Gasteiger charge is 2.10. The lowest BCUT2D eigenvalue weighted by Crippen LogP contribution is -2.39. The van der Waals surface area contributed by atoms with Crippen LogP contribution in [0.15, 0.2) is 12.4 Å². The van der Waals surface area contributed by atoms with Crippen LogP contribution in [0.25, 0.3) is 0 Å². The van der Waals surface area contributed by atoms with Crippen LogP contribution in [0, 0.1) is 5.92 Å². The molecule has 0 saturated heterocycles. The van der Waals surface area contributed by atoms with Crippen LogP contribution in [0.2, 0.25) is 0 Å². The topological polar surface area (TPSA) is 75.9 Å². The van der Waals surface area contributed by atoms with Gasteiger partial charge in [-0.1, -0.05) is 13.8 Å². The van der Waals surface area contributed by atoms with Crippen LogP contribution in [0.5, 0.6) is 0 Å². The summed E-state index contributed by atoms with van der Waals surface area (Å²) in [4.78, 5) is 8.39. The Morgan fingerprint density at radius 1 is 1.21 bits per heavy atom. The minimum atomic E-state index is -0.254. The van der Waals surface area contributed by atoms with Crippen LogP contribution in [0.3, 0.4) is 0 Å². The van der Waals surface area contributed by atoms with Crippen molar-refractivity contribution >= 4 is 11.6 Å². The summed E-state index contributed by atoms with van der Waals surface area (Å²) in [5.41, 5.74) is 5.67. The quantitative estimate of drug-likeness (QED) is 0.630. The average molecular weight is 265 g/mol. The monoisotopic (exact) mass is 265 g/mol. The van der Waals surface area contributed by atoms with Gasteiger partial charge < -0.3 is 16.4 Å². The zero-order chi connectivity index (χ0) is 14.3. The largest absolute Gasteiger partial charge is 0.370 e. The molecule has 0 amide bonds. The predicted molar refractivity (Wildman–Crippen MR) is 81.3 cm³/mol. The predicted octanol–water partition coefficient (Wildman–Crippen LogP) is 2.47. The van der Waals surface area contributed by atoms with Crippen LogP contribution in [0.1, 0.15) is 40.5 Å². The van der Waals surface area contributed by atoms with Crippen molar-refractivity contribution < 1.29 is 0 Å². The summed E-state index contributed by atoms with van der Waals surface area (Å²) in [6.07, 6.45) is 3.95. The second-order valence-corrected chi connectivity index (χ2v) is 6.09. The Labute approximate surface area is 116 Å². The molecule has 0 atom stereocenters. The number of anilines is 2. The smallest absolute Gasteiger partial charge is 0.131 e. The molecule has 0 aliphatic carbocycles. The van der Waals surface area contributed by atoms with Gasteiger partial charge in [0.2, 0.25) is 0 Å². The van der Waals surface area contributed by atoms with Gasteiger partial charge in [0.1, 0.15) is 18.0 Å². The van der Waals surface area contributed by atoms with Gasteiger partial charge in [-0.15, -0.1) is 0 Å². The van der Waals surface area contributed by atoms with Gasteiger partial charge in [-0.05, 0) is 32.6 Å². The standard InChI is InChI=1S/C14H27N5/c1-11(2)6-5-7-16-12-8-13(19-10-18-12)17-9-14(3,4)15/h8,10-11H,5-7,9,15H2,1-4H3,(H2,16,17,18,19). The molecule has 0 aliphatic heterocycles. The first kappa shape index (κ1) is 15.7. The summed E-state index contributed by atoms with van der Waals surface area (Å²) in [6.45, 7) is 10.1. The molecule has 0 fully saturated rings. The second kappa shape index (κ2) is 7.28. The first-order chi connectivity index (χ1) is 8.87. The first-order valence-corrected chi connectivity index (χ1v) is 6.95. The third kappa shape index (κ3) is 7.62. The molecule has 19 heavy (non-hydrogen) atoms. The third-order valence-corrected chi connectivity index (χ3v) is 2.66. The Kier molecular flexibility index (Phi) is 6.02. The van der Waals surface area contributed by atoms with Gasteiger partial charge >= 0.3 is 0 Å². The van der Waals surface area contributed by atoms with Crippen LogP contribution >= 0.6 is 0 Å². The van der Waals surface area contributed by atoms with E-state index in [1.165, 1.54) is 6.42 Å². The third-order valence-electron chi connectivity index (χ3n) is 2.66. The average Bonchev–Trinajstić information content (AvgIpc) is 2.32. The fraction of sp³-hybridized carbons (Fsp3) is 0.714. The van der Waals surface area contributed by atoms with Crippen molar-refractivity contribution in [2.75, 3.05) is 23.7 Å². The van der Waals surface area contributed by atoms with Gasteiger partial charge in [0, 0.05) is 24.7 Å². The summed E-state index contributed by atoms with van der Waals surface area (Å²) < 4.78 is 0. The number of nitrogens with one attached hydrogen (secondary N) is 2. The molecule has 0 aromatic carbocycles. The van der Waals surface area contributed by atoms with Gasteiger partial charge in [0.15, 0.2) is 0 Å². The molecule has 0 radical (unpaired) electrons. The van der Waals surface area contributed by atoms with Crippen LogP contribution in [-0.4, -0.2) is 28.6 Å². The van der Waals surface area contributed by atoms with Crippen LogP contribution in [-0.2, 0) is 0 Å². The van der Waals surface area contributed by atoms with Crippen molar-refractivity contribution in [1.29, 1.82) is 0 Å². The van der Waals surface area contributed by atoms with Crippen molar-refractivity contribution in [1.82, 2.24) is 9.97 Å². The maximum atomic E-state index is 5.93. The van der Waals surface area contributed by atoms with E-state index in [2.05, 4.69) is 34.4 Å². The molecule has 1 rings (SSSR count). The van der Waals surface area contributed by atoms with E-state index in [-0.39, 0.29) is 5.54 Å². The maximum absolute atomic E-state index is 5.93. The SMILES string of the molecule is CC(C)CCCNc1cc(NCC(C)(C)N)ncn1. The van der Waals surface area contributed by atoms with Gasteiger partial charge in [-0.25, -0.2) is 9.97 Å².